The van der Waals surface area contributed by atoms with E-state index in [0.717, 1.165) is 35.5 Å². The first kappa shape index (κ1) is 21.9. The lowest BCUT2D eigenvalue weighted by Crippen LogP contribution is -2.42. The minimum Gasteiger partial charge on any atom is -0.325 e. The molecule has 1 fully saturated rings. The Morgan fingerprint density at radius 2 is 2.06 bits per heavy atom. The van der Waals surface area contributed by atoms with E-state index in [0.29, 0.717) is 18.7 Å². The van der Waals surface area contributed by atoms with Crippen LogP contribution in [0.4, 0.5) is 15.8 Å². The number of halogens is 1. The van der Waals surface area contributed by atoms with Crippen molar-refractivity contribution < 1.29 is 9.18 Å². The Morgan fingerprint density at radius 1 is 1.24 bits per heavy atom. The van der Waals surface area contributed by atoms with E-state index in [1.54, 1.807) is 36.3 Å². The van der Waals surface area contributed by atoms with Crippen LogP contribution in [-0.2, 0) is 11.3 Å². The summed E-state index contributed by atoms with van der Waals surface area (Å²) in [6.07, 6.45) is 6.25. The summed E-state index contributed by atoms with van der Waals surface area (Å²) >= 11 is 1.57. The Balaban J connectivity index is 1.30. The zero-order valence-corrected chi connectivity index (χ0v) is 19.2. The van der Waals surface area contributed by atoms with Crippen LogP contribution in [0, 0.1) is 5.82 Å². The van der Waals surface area contributed by atoms with Gasteiger partial charge in [0.05, 0.1) is 11.7 Å². The summed E-state index contributed by atoms with van der Waals surface area (Å²) in [6, 6.07) is 16.7. The molecule has 0 radical (unpaired) electrons. The van der Waals surface area contributed by atoms with Crippen molar-refractivity contribution in [1.82, 2.24) is 15.3 Å². The zero-order chi connectivity index (χ0) is 22.8. The fourth-order valence-electron chi connectivity index (χ4n) is 4.59. The topological polar surface area (TPSA) is 69.3 Å². The average molecular weight is 464 g/mol. The molecule has 8 heteroatoms. The van der Waals surface area contributed by atoms with E-state index >= 15 is 0 Å². The number of fused-ring (bicyclic) bond motifs is 1. The second-order valence-corrected chi connectivity index (χ2v) is 9.68. The molecule has 2 aliphatic heterocycles. The highest BCUT2D eigenvalue weighted by Crippen LogP contribution is 2.38. The summed E-state index contributed by atoms with van der Waals surface area (Å²) in [5, 5.41) is 3.14. The van der Waals surface area contributed by atoms with Crippen molar-refractivity contribution in [2.75, 3.05) is 30.1 Å². The van der Waals surface area contributed by atoms with Crippen LogP contribution < -0.4 is 16.2 Å². The number of hydrogen-bond donors (Lipinski definition) is 3. The summed E-state index contributed by atoms with van der Waals surface area (Å²) in [5.41, 5.74) is 11.1. The molecule has 0 bridgehead atoms. The smallest absolute Gasteiger partial charge is 0.241 e. The quantitative estimate of drug-likeness (QED) is 0.509. The summed E-state index contributed by atoms with van der Waals surface area (Å²) in [5.74, 6) is -0.210. The Morgan fingerprint density at radius 3 is 2.85 bits per heavy atom. The standard InChI is InChI=1S/C25H26FN5OS/c1-33-25(10-13-31(16-25)15-18-4-2-3-5-21(18)26)24(32)28-19-6-7-22-20(14-19)23(30-29-22)17-8-11-27-12-9-17/h2-9,11-12,14,23,29-30H,10,13,15-16H2,1H3,(H,28,32). The number of amides is 1. The maximum absolute atomic E-state index is 14.1. The van der Waals surface area contributed by atoms with Gasteiger partial charge in [0.15, 0.2) is 0 Å². The van der Waals surface area contributed by atoms with Crippen molar-refractivity contribution in [1.29, 1.82) is 0 Å². The van der Waals surface area contributed by atoms with Crippen molar-refractivity contribution in [2.45, 2.75) is 23.8 Å². The molecule has 1 aromatic heterocycles. The molecule has 1 saturated heterocycles. The van der Waals surface area contributed by atoms with Gasteiger partial charge in [-0.3, -0.25) is 14.7 Å². The van der Waals surface area contributed by atoms with E-state index in [1.165, 1.54) is 6.07 Å². The predicted octanol–water partition coefficient (Wildman–Crippen LogP) is 4.19. The molecule has 2 aliphatic rings. The summed E-state index contributed by atoms with van der Waals surface area (Å²) in [4.78, 5) is 19.7. The number of anilines is 2. The molecule has 0 spiro atoms. The van der Waals surface area contributed by atoms with Crippen LogP contribution in [-0.4, -0.2) is 39.9 Å². The van der Waals surface area contributed by atoms with Crippen molar-refractivity contribution in [3.8, 4) is 0 Å². The SMILES string of the molecule is CSC1(C(=O)Nc2ccc3c(c2)C(c2ccncc2)NN3)CCN(Cc2ccccc2F)C1. The number of hydrazine groups is 1. The van der Waals surface area contributed by atoms with E-state index in [9.17, 15) is 9.18 Å². The van der Waals surface area contributed by atoms with Crippen LogP contribution in [0.25, 0.3) is 0 Å². The molecule has 6 nitrogen and oxygen atoms in total. The van der Waals surface area contributed by atoms with Gasteiger partial charge in [0, 0.05) is 48.8 Å². The van der Waals surface area contributed by atoms with Gasteiger partial charge in [0.1, 0.15) is 10.6 Å². The van der Waals surface area contributed by atoms with Crippen LogP contribution in [0.15, 0.2) is 67.0 Å². The molecule has 2 atom stereocenters. The molecule has 3 N–H and O–H groups in total. The number of nitrogens with zero attached hydrogens (tertiary/aromatic N) is 2. The number of likely N-dealkylation sites (tertiary alicyclic amines) is 1. The highest BCUT2D eigenvalue weighted by molar-refractivity contribution is 8.00. The van der Waals surface area contributed by atoms with Gasteiger partial charge in [0.2, 0.25) is 5.91 Å². The normalized spacial score (nSPS) is 22.1. The average Bonchev–Trinajstić information content (AvgIpc) is 3.46. The summed E-state index contributed by atoms with van der Waals surface area (Å²) in [7, 11) is 0. The minimum atomic E-state index is -0.564. The predicted molar refractivity (Wildman–Crippen MR) is 130 cm³/mol. The van der Waals surface area contributed by atoms with Gasteiger partial charge in [-0.2, -0.15) is 0 Å². The molecule has 0 aliphatic carbocycles. The maximum Gasteiger partial charge on any atom is 0.241 e. The summed E-state index contributed by atoms with van der Waals surface area (Å²) < 4.78 is 13.5. The number of nitrogens with one attached hydrogen (secondary N) is 3. The molecule has 33 heavy (non-hydrogen) atoms. The van der Waals surface area contributed by atoms with Crippen LogP contribution in [0.1, 0.15) is 29.2 Å². The minimum absolute atomic E-state index is 0.00893. The largest absolute Gasteiger partial charge is 0.325 e. The monoisotopic (exact) mass is 463 g/mol. The lowest BCUT2D eigenvalue weighted by Gasteiger charge is -2.26. The molecule has 3 aromatic rings. The zero-order valence-electron chi connectivity index (χ0n) is 18.3. The first-order valence-electron chi connectivity index (χ1n) is 11.0. The number of benzene rings is 2. The van der Waals surface area contributed by atoms with Gasteiger partial charge in [-0.05, 0) is 54.6 Å². The fraction of sp³-hybridized carbons (Fsp3) is 0.280. The van der Waals surface area contributed by atoms with E-state index in [2.05, 4.69) is 26.1 Å². The maximum atomic E-state index is 14.1. The van der Waals surface area contributed by atoms with Crippen molar-refractivity contribution in [3.05, 3.63) is 89.5 Å². The molecular weight excluding hydrogens is 437 g/mol. The highest BCUT2D eigenvalue weighted by atomic mass is 32.2. The number of rotatable bonds is 6. The molecule has 2 unspecified atom stereocenters. The molecule has 1 amide bonds. The van der Waals surface area contributed by atoms with Crippen LogP contribution in [0.5, 0.6) is 0 Å². The second-order valence-electron chi connectivity index (χ2n) is 8.49. The van der Waals surface area contributed by atoms with Crippen molar-refractivity contribution >= 4 is 29.0 Å². The van der Waals surface area contributed by atoms with Gasteiger partial charge >= 0.3 is 0 Å². The molecule has 3 heterocycles. The number of thioether (sulfide) groups is 1. The molecule has 170 valence electrons. The molecule has 2 aromatic carbocycles. The third kappa shape index (κ3) is 4.34. The van der Waals surface area contributed by atoms with Gasteiger partial charge in [0.25, 0.3) is 0 Å². The number of pyridine rings is 1. The number of aromatic nitrogens is 1. The van der Waals surface area contributed by atoms with Crippen LogP contribution >= 0.6 is 11.8 Å². The Hall–Kier alpha value is -2.94. The van der Waals surface area contributed by atoms with Crippen LogP contribution in [0.2, 0.25) is 0 Å². The van der Waals surface area contributed by atoms with E-state index in [1.807, 2.05) is 42.7 Å². The van der Waals surface area contributed by atoms with Gasteiger partial charge < -0.3 is 10.7 Å². The van der Waals surface area contributed by atoms with E-state index < -0.39 is 4.75 Å². The first-order chi connectivity index (χ1) is 16.1. The van der Waals surface area contributed by atoms with Crippen LogP contribution in [0.3, 0.4) is 0 Å². The summed E-state index contributed by atoms with van der Waals surface area (Å²) in [6.45, 7) is 1.85. The van der Waals surface area contributed by atoms with E-state index in [4.69, 9.17) is 0 Å². The Kier molecular flexibility index (Phi) is 6.05. The first-order valence-corrected chi connectivity index (χ1v) is 12.2. The van der Waals surface area contributed by atoms with Crippen molar-refractivity contribution in [2.24, 2.45) is 0 Å². The third-order valence-corrected chi connectivity index (χ3v) is 7.78. The highest BCUT2D eigenvalue weighted by Gasteiger charge is 2.44. The van der Waals surface area contributed by atoms with E-state index in [-0.39, 0.29) is 17.8 Å². The van der Waals surface area contributed by atoms with Gasteiger partial charge in [-0.1, -0.05) is 18.2 Å². The van der Waals surface area contributed by atoms with Gasteiger partial charge in [-0.25, -0.2) is 9.82 Å². The second kappa shape index (κ2) is 9.13. The number of hydrogen-bond acceptors (Lipinski definition) is 6. The third-order valence-electron chi connectivity index (χ3n) is 6.48. The Bertz CT molecular complexity index is 1160. The lowest BCUT2D eigenvalue weighted by molar-refractivity contribution is -0.118. The van der Waals surface area contributed by atoms with Crippen molar-refractivity contribution in [3.63, 3.8) is 0 Å². The number of carbonyl (C=O) groups is 1. The van der Waals surface area contributed by atoms with Gasteiger partial charge in [-0.15, -0.1) is 11.8 Å². The lowest BCUT2D eigenvalue weighted by atomic mass is 9.99. The fourth-order valence-corrected chi connectivity index (χ4v) is 5.43. The Labute approximate surface area is 197 Å². The molecule has 0 saturated carbocycles. The molecular formula is C25H26FN5OS. The molecule has 5 rings (SSSR count). The number of carbonyl (C=O) groups excluding carboxylic acids is 1.